The van der Waals surface area contributed by atoms with Crippen LogP contribution in [0.4, 0.5) is 0 Å². The number of carbonyl (C=O) groups is 1. The maximum absolute atomic E-state index is 12.7. The van der Waals surface area contributed by atoms with Crippen molar-refractivity contribution in [2.45, 2.75) is 36.1 Å². The molecule has 0 fully saturated rings. The average Bonchev–Trinajstić information content (AvgIpc) is 2.66. The van der Waals surface area contributed by atoms with E-state index >= 15 is 0 Å². The van der Waals surface area contributed by atoms with Crippen LogP contribution < -0.4 is 5.32 Å². The van der Waals surface area contributed by atoms with Crippen molar-refractivity contribution in [3.8, 4) is 0 Å². The maximum atomic E-state index is 12.7. The highest BCUT2D eigenvalue weighted by atomic mass is 32.2. The topological polar surface area (TPSA) is 66.5 Å². The molecule has 0 aromatic heterocycles. The first-order valence-electron chi connectivity index (χ1n) is 8.74. The van der Waals surface area contributed by atoms with Crippen molar-refractivity contribution in [1.82, 2.24) is 9.62 Å². The summed E-state index contributed by atoms with van der Waals surface area (Å²) in [5, 5.41) is 2.93. The normalized spacial score (nSPS) is 12.8. The van der Waals surface area contributed by atoms with Crippen LogP contribution in [0.3, 0.4) is 0 Å². The number of benzene rings is 2. The van der Waals surface area contributed by atoms with E-state index in [1.165, 1.54) is 7.05 Å². The number of aryl methyl sites for hydroxylation is 1. The molecule has 1 amide bonds. The lowest BCUT2D eigenvalue weighted by molar-refractivity contribution is -0.121. The molecule has 146 valence electrons. The van der Waals surface area contributed by atoms with Crippen LogP contribution in [0.15, 0.2) is 58.3 Å². The lowest BCUT2D eigenvalue weighted by Crippen LogP contribution is -2.39. The van der Waals surface area contributed by atoms with Crippen LogP contribution in [0.1, 0.15) is 30.5 Å². The van der Waals surface area contributed by atoms with Crippen LogP contribution in [0.5, 0.6) is 0 Å². The molecular formula is C20H26N2O3S2. The van der Waals surface area contributed by atoms with E-state index in [1.54, 1.807) is 36.0 Å². The van der Waals surface area contributed by atoms with Crippen LogP contribution in [0, 0.1) is 6.92 Å². The number of hydrogen-bond acceptors (Lipinski definition) is 4. The fourth-order valence-corrected chi connectivity index (χ4v) is 4.21. The largest absolute Gasteiger partial charge is 0.348 e. The van der Waals surface area contributed by atoms with Crippen LogP contribution in [0.2, 0.25) is 0 Å². The standard InChI is InChI=1S/C20H26N2O3S2/c1-5-19(16-8-6-15(2)7-9-16)21-20(23)14-22(3)27(24,25)18-12-10-17(26-4)11-13-18/h6-13,19H,5,14H2,1-4H3,(H,21,23). The summed E-state index contributed by atoms with van der Waals surface area (Å²) >= 11 is 1.54. The van der Waals surface area contributed by atoms with E-state index < -0.39 is 10.0 Å². The van der Waals surface area contributed by atoms with Gasteiger partial charge in [-0.1, -0.05) is 36.8 Å². The number of thioether (sulfide) groups is 1. The molecule has 2 aromatic rings. The van der Waals surface area contributed by atoms with Gasteiger partial charge in [0.25, 0.3) is 0 Å². The van der Waals surface area contributed by atoms with E-state index in [2.05, 4.69) is 5.32 Å². The van der Waals surface area contributed by atoms with E-state index in [0.717, 1.165) is 26.7 Å². The van der Waals surface area contributed by atoms with Gasteiger partial charge in [0.1, 0.15) is 0 Å². The number of amides is 1. The summed E-state index contributed by atoms with van der Waals surface area (Å²) in [6.45, 7) is 3.77. The zero-order chi connectivity index (χ0) is 20.0. The molecule has 27 heavy (non-hydrogen) atoms. The maximum Gasteiger partial charge on any atom is 0.243 e. The second kappa shape index (κ2) is 9.39. The van der Waals surface area contributed by atoms with Gasteiger partial charge in [-0.15, -0.1) is 11.8 Å². The van der Waals surface area contributed by atoms with Gasteiger partial charge in [0, 0.05) is 11.9 Å². The molecule has 0 aliphatic rings. The van der Waals surface area contributed by atoms with Crippen molar-refractivity contribution in [3.63, 3.8) is 0 Å². The molecular weight excluding hydrogens is 380 g/mol. The van der Waals surface area contributed by atoms with Gasteiger partial charge in [0.15, 0.2) is 0 Å². The van der Waals surface area contributed by atoms with Crippen LogP contribution in [0.25, 0.3) is 0 Å². The number of likely N-dealkylation sites (N-methyl/N-ethyl adjacent to an activating group) is 1. The minimum atomic E-state index is -3.71. The van der Waals surface area contributed by atoms with E-state index in [1.807, 2.05) is 44.4 Å². The third-order valence-corrected chi connectivity index (χ3v) is 6.92. The van der Waals surface area contributed by atoms with Gasteiger partial charge >= 0.3 is 0 Å². The first kappa shape index (κ1) is 21.5. The molecule has 0 radical (unpaired) electrons. The molecule has 0 spiro atoms. The molecule has 0 aliphatic carbocycles. The average molecular weight is 407 g/mol. The Morgan fingerprint density at radius 2 is 1.70 bits per heavy atom. The summed E-state index contributed by atoms with van der Waals surface area (Å²) < 4.78 is 26.4. The molecule has 0 heterocycles. The fourth-order valence-electron chi connectivity index (χ4n) is 2.67. The van der Waals surface area contributed by atoms with Gasteiger partial charge in [-0.3, -0.25) is 4.79 Å². The zero-order valence-corrected chi connectivity index (χ0v) is 17.7. The Balaban J connectivity index is 2.05. The van der Waals surface area contributed by atoms with Gasteiger partial charge < -0.3 is 5.32 Å². The monoisotopic (exact) mass is 406 g/mol. The first-order valence-corrected chi connectivity index (χ1v) is 11.4. The van der Waals surface area contributed by atoms with Gasteiger partial charge in [0.05, 0.1) is 17.5 Å². The highest BCUT2D eigenvalue weighted by molar-refractivity contribution is 7.98. The van der Waals surface area contributed by atoms with Gasteiger partial charge in [-0.25, -0.2) is 8.42 Å². The van der Waals surface area contributed by atoms with Crippen molar-refractivity contribution in [3.05, 3.63) is 59.7 Å². The molecule has 1 unspecified atom stereocenters. The van der Waals surface area contributed by atoms with E-state index in [0.29, 0.717) is 0 Å². The molecule has 0 saturated carbocycles. The van der Waals surface area contributed by atoms with Crippen molar-refractivity contribution >= 4 is 27.7 Å². The Kier molecular flexibility index (Phi) is 7.47. The van der Waals surface area contributed by atoms with Gasteiger partial charge in [-0.2, -0.15) is 4.31 Å². The lowest BCUT2D eigenvalue weighted by Gasteiger charge is -2.21. The van der Waals surface area contributed by atoms with Crippen molar-refractivity contribution in [2.24, 2.45) is 0 Å². The highest BCUT2D eigenvalue weighted by Gasteiger charge is 2.24. The van der Waals surface area contributed by atoms with Gasteiger partial charge in [0.2, 0.25) is 15.9 Å². The Morgan fingerprint density at radius 3 is 2.22 bits per heavy atom. The second-order valence-corrected chi connectivity index (χ2v) is 9.30. The Labute approximate surface area is 166 Å². The number of carbonyl (C=O) groups excluding carboxylic acids is 1. The smallest absolute Gasteiger partial charge is 0.243 e. The molecule has 7 heteroatoms. The van der Waals surface area contributed by atoms with Gasteiger partial charge in [-0.05, 0) is 49.4 Å². The zero-order valence-electron chi connectivity index (χ0n) is 16.1. The summed E-state index contributed by atoms with van der Waals surface area (Å²) in [5.41, 5.74) is 2.16. The lowest BCUT2D eigenvalue weighted by atomic mass is 10.0. The predicted molar refractivity (Wildman–Crippen MR) is 110 cm³/mol. The number of nitrogens with one attached hydrogen (secondary N) is 1. The summed E-state index contributed by atoms with van der Waals surface area (Å²) in [4.78, 5) is 13.6. The number of sulfonamides is 1. The molecule has 1 atom stereocenters. The third-order valence-electron chi connectivity index (χ3n) is 4.36. The molecule has 5 nitrogen and oxygen atoms in total. The molecule has 0 bridgehead atoms. The fraction of sp³-hybridized carbons (Fsp3) is 0.350. The Hall–Kier alpha value is -1.83. The van der Waals surface area contributed by atoms with Crippen LogP contribution in [-0.2, 0) is 14.8 Å². The summed E-state index contributed by atoms with van der Waals surface area (Å²) in [7, 11) is -2.29. The second-order valence-electron chi connectivity index (χ2n) is 6.38. The molecule has 1 N–H and O–H groups in total. The van der Waals surface area contributed by atoms with Crippen molar-refractivity contribution < 1.29 is 13.2 Å². The first-order chi connectivity index (χ1) is 12.8. The minimum Gasteiger partial charge on any atom is -0.348 e. The minimum absolute atomic E-state index is 0.143. The van der Waals surface area contributed by atoms with Crippen molar-refractivity contribution in [2.75, 3.05) is 19.8 Å². The number of rotatable bonds is 8. The molecule has 0 saturated heterocycles. The summed E-state index contributed by atoms with van der Waals surface area (Å²) in [6, 6.07) is 14.5. The Bertz CT molecular complexity index is 863. The quantitative estimate of drug-likeness (QED) is 0.680. The van der Waals surface area contributed by atoms with Crippen LogP contribution >= 0.6 is 11.8 Å². The third kappa shape index (κ3) is 5.57. The van der Waals surface area contributed by atoms with Crippen LogP contribution in [-0.4, -0.2) is 38.5 Å². The molecule has 2 aromatic carbocycles. The van der Waals surface area contributed by atoms with Crippen molar-refractivity contribution in [1.29, 1.82) is 0 Å². The summed E-state index contributed by atoms with van der Waals surface area (Å²) in [5.74, 6) is -0.325. The molecule has 2 rings (SSSR count). The van der Waals surface area contributed by atoms with E-state index in [-0.39, 0.29) is 23.4 Å². The number of hydrogen-bond donors (Lipinski definition) is 1. The van der Waals surface area contributed by atoms with E-state index in [4.69, 9.17) is 0 Å². The Morgan fingerprint density at radius 1 is 1.11 bits per heavy atom. The summed E-state index contributed by atoms with van der Waals surface area (Å²) in [6.07, 6.45) is 2.65. The molecule has 0 aliphatic heterocycles. The predicted octanol–water partition coefficient (Wildman–Crippen LogP) is 3.60. The SMILES string of the molecule is CCC(NC(=O)CN(C)S(=O)(=O)c1ccc(SC)cc1)c1ccc(C)cc1. The highest BCUT2D eigenvalue weighted by Crippen LogP contribution is 2.20. The van der Waals surface area contributed by atoms with E-state index in [9.17, 15) is 13.2 Å². The number of nitrogens with zero attached hydrogens (tertiary/aromatic N) is 1.